The summed E-state index contributed by atoms with van der Waals surface area (Å²) < 4.78 is 0. The predicted octanol–water partition coefficient (Wildman–Crippen LogP) is 5.27. The highest BCUT2D eigenvalue weighted by molar-refractivity contribution is 6.35. The Hall–Kier alpha value is -1.32. The minimum atomic E-state index is 0.640. The van der Waals surface area contributed by atoms with Crippen molar-refractivity contribution >= 4 is 28.1 Å². The van der Waals surface area contributed by atoms with E-state index < -0.39 is 0 Å². The third-order valence-corrected chi connectivity index (χ3v) is 5.05. The molecule has 1 aromatic heterocycles. The molecule has 1 aliphatic carbocycles. The number of nitrogens with zero attached hydrogens (tertiary/aromatic N) is 2. The Balaban J connectivity index is 1.85. The fourth-order valence-corrected chi connectivity index (χ4v) is 3.91. The Morgan fingerprint density at radius 3 is 2.78 bits per heavy atom. The molecule has 124 valence electrons. The molecule has 0 bridgehead atoms. The average molecular weight is 332 g/mol. The van der Waals surface area contributed by atoms with Crippen LogP contribution in [0.15, 0.2) is 24.3 Å². The van der Waals surface area contributed by atoms with Gasteiger partial charge in [0.15, 0.2) is 0 Å². The van der Waals surface area contributed by atoms with Gasteiger partial charge in [0.25, 0.3) is 0 Å². The van der Waals surface area contributed by atoms with Crippen molar-refractivity contribution in [3.05, 3.63) is 35.0 Å². The number of hydrogen-bond donors (Lipinski definition) is 1. The van der Waals surface area contributed by atoms with Gasteiger partial charge in [0.1, 0.15) is 0 Å². The highest BCUT2D eigenvalue weighted by Crippen LogP contribution is 2.34. The van der Waals surface area contributed by atoms with Crippen molar-refractivity contribution in [2.75, 3.05) is 13.1 Å². The molecule has 0 aliphatic heterocycles. The van der Waals surface area contributed by atoms with Crippen molar-refractivity contribution in [1.29, 1.82) is 0 Å². The molecule has 0 saturated carbocycles. The van der Waals surface area contributed by atoms with Crippen molar-refractivity contribution in [2.24, 2.45) is 0 Å². The van der Waals surface area contributed by atoms with Crippen LogP contribution in [0.3, 0.4) is 0 Å². The number of nitrogens with one attached hydrogen (secondary N) is 1. The lowest BCUT2D eigenvalue weighted by atomic mass is 9.90. The summed E-state index contributed by atoms with van der Waals surface area (Å²) in [4.78, 5) is 2.66. The molecule has 1 heterocycles. The Morgan fingerprint density at radius 1 is 1.26 bits per heavy atom. The summed E-state index contributed by atoms with van der Waals surface area (Å²) in [6, 6.07) is 6.67. The lowest BCUT2D eigenvalue weighted by molar-refractivity contribution is 0.187. The van der Waals surface area contributed by atoms with Gasteiger partial charge < -0.3 is 4.90 Å². The zero-order valence-corrected chi connectivity index (χ0v) is 14.9. The normalized spacial score (nSPS) is 18.6. The second-order valence-electron chi connectivity index (χ2n) is 6.44. The van der Waals surface area contributed by atoms with Crippen LogP contribution in [0, 0.1) is 0 Å². The van der Waals surface area contributed by atoms with Gasteiger partial charge in [-0.1, -0.05) is 43.7 Å². The fourth-order valence-electron chi connectivity index (χ4n) is 3.70. The standard InChI is InChI=1S/C19H26ClN3/c1-3-11-23(12-4-2)15-8-5-7-14(13-15)18-16-9-6-10-17(20)19(16)22-21-18/h6-7,9-10,15H,3-5,8,11-13H2,1-2H3,(H,21,22)/t15-/m0/s1. The summed E-state index contributed by atoms with van der Waals surface area (Å²) in [5, 5.41) is 9.57. The Kier molecular flexibility index (Phi) is 5.39. The maximum atomic E-state index is 6.27. The molecule has 0 fully saturated rings. The van der Waals surface area contributed by atoms with Gasteiger partial charge in [-0.2, -0.15) is 5.10 Å². The van der Waals surface area contributed by atoms with E-state index in [9.17, 15) is 0 Å². The zero-order valence-electron chi connectivity index (χ0n) is 14.1. The van der Waals surface area contributed by atoms with Crippen LogP contribution in [-0.2, 0) is 0 Å². The minimum Gasteiger partial charge on any atom is -0.300 e. The zero-order chi connectivity index (χ0) is 16.2. The molecule has 0 amide bonds. The summed E-state index contributed by atoms with van der Waals surface area (Å²) in [5.74, 6) is 0. The number of fused-ring (bicyclic) bond motifs is 1. The number of aromatic amines is 1. The summed E-state index contributed by atoms with van der Waals surface area (Å²) in [7, 11) is 0. The summed E-state index contributed by atoms with van der Waals surface area (Å²) >= 11 is 6.27. The first-order valence-electron chi connectivity index (χ1n) is 8.80. The quantitative estimate of drug-likeness (QED) is 0.781. The molecular weight excluding hydrogens is 306 g/mol. The van der Waals surface area contributed by atoms with E-state index in [1.165, 1.54) is 37.9 Å². The van der Waals surface area contributed by atoms with Crippen LogP contribution in [0.1, 0.15) is 51.6 Å². The highest BCUT2D eigenvalue weighted by atomic mass is 35.5. The van der Waals surface area contributed by atoms with Gasteiger partial charge >= 0.3 is 0 Å². The van der Waals surface area contributed by atoms with Gasteiger partial charge in [0.2, 0.25) is 0 Å². The first-order chi connectivity index (χ1) is 11.2. The van der Waals surface area contributed by atoms with Gasteiger partial charge in [-0.3, -0.25) is 5.10 Å². The summed E-state index contributed by atoms with van der Waals surface area (Å²) in [6.45, 7) is 6.93. The molecule has 0 unspecified atom stereocenters. The van der Waals surface area contributed by atoms with Crippen molar-refractivity contribution in [1.82, 2.24) is 15.1 Å². The lowest BCUT2D eigenvalue weighted by Crippen LogP contribution is -2.37. The smallest absolute Gasteiger partial charge is 0.0957 e. The fraction of sp³-hybridized carbons (Fsp3) is 0.526. The Bertz CT molecular complexity index is 683. The topological polar surface area (TPSA) is 31.9 Å². The molecule has 1 aromatic carbocycles. The number of allylic oxidation sites excluding steroid dienone is 1. The monoisotopic (exact) mass is 331 g/mol. The van der Waals surface area contributed by atoms with E-state index >= 15 is 0 Å². The minimum absolute atomic E-state index is 0.640. The molecule has 1 aliphatic rings. The van der Waals surface area contributed by atoms with E-state index in [0.717, 1.165) is 34.5 Å². The van der Waals surface area contributed by atoms with Crippen LogP contribution >= 0.6 is 11.6 Å². The number of hydrogen-bond acceptors (Lipinski definition) is 2. The molecule has 4 heteroatoms. The second-order valence-corrected chi connectivity index (χ2v) is 6.84. The van der Waals surface area contributed by atoms with Crippen molar-refractivity contribution < 1.29 is 0 Å². The van der Waals surface area contributed by atoms with Gasteiger partial charge in [0.05, 0.1) is 16.2 Å². The van der Waals surface area contributed by atoms with Gasteiger partial charge in [0, 0.05) is 11.4 Å². The number of halogens is 1. The van der Waals surface area contributed by atoms with Crippen molar-refractivity contribution in [2.45, 2.75) is 52.0 Å². The van der Waals surface area contributed by atoms with E-state index in [1.54, 1.807) is 0 Å². The first-order valence-corrected chi connectivity index (χ1v) is 9.18. The lowest BCUT2D eigenvalue weighted by Gasteiger charge is -2.34. The first kappa shape index (κ1) is 16.5. The van der Waals surface area contributed by atoms with Crippen LogP contribution in [0.25, 0.3) is 16.5 Å². The van der Waals surface area contributed by atoms with E-state index in [1.807, 2.05) is 12.1 Å². The van der Waals surface area contributed by atoms with Crippen molar-refractivity contribution in [3.8, 4) is 0 Å². The second kappa shape index (κ2) is 7.50. The molecule has 0 spiro atoms. The van der Waals surface area contributed by atoms with Crippen molar-refractivity contribution in [3.63, 3.8) is 0 Å². The molecular formula is C19H26ClN3. The molecule has 1 N–H and O–H groups in total. The largest absolute Gasteiger partial charge is 0.300 e. The number of para-hydroxylation sites is 1. The third-order valence-electron chi connectivity index (χ3n) is 4.74. The van der Waals surface area contributed by atoms with Gasteiger partial charge in [-0.25, -0.2) is 0 Å². The average Bonchev–Trinajstić information content (AvgIpc) is 3.00. The molecule has 3 nitrogen and oxygen atoms in total. The Labute approximate surface area is 143 Å². The summed E-state index contributed by atoms with van der Waals surface area (Å²) in [6.07, 6.45) is 8.29. The molecule has 23 heavy (non-hydrogen) atoms. The number of H-pyrrole nitrogens is 1. The van der Waals surface area contributed by atoms with Crippen LogP contribution < -0.4 is 0 Å². The van der Waals surface area contributed by atoms with Crippen LogP contribution in [0.2, 0.25) is 5.02 Å². The van der Waals surface area contributed by atoms with Crippen LogP contribution in [-0.4, -0.2) is 34.2 Å². The maximum Gasteiger partial charge on any atom is 0.0957 e. The maximum absolute atomic E-state index is 6.27. The third kappa shape index (κ3) is 3.46. The number of rotatable bonds is 6. The van der Waals surface area contributed by atoms with Gasteiger partial charge in [-0.15, -0.1) is 0 Å². The van der Waals surface area contributed by atoms with E-state index in [0.29, 0.717) is 6.04 Å². The van der Waals surface area contributed by atoms with E-state index in [-0.39, 0.29) is 0 Å². The Morgan fingerprint density at radius 2 is 2.04 bits per heavy atom. The molecule has 3 rings (SSSR count). The number of benzene rings is 1. The molecule has 1 atom stereocenters. The van der Waals surface area contributed by atoms with Gasteiger partial charge in [-0.05, 0) is 56.8 Å². The summed E-state index contributed by atoms with van der Waals surface area (Å²) in [5.41, 5.74) is 3.40. The molecule has 2 aromatic rings. The van der Waals surface area contributed by atoms with E-state index in [4.69, 9.17) is 11.6 Å². The van der Waals surface area contributed by atoms with Crippen LogP contribution in [0.4, 0.5) is 0 Å². The molecule has 0 radical (unpaired) electrons. The molecule has 0 saturated heterocycles. The van der Waals surface area contributed by atoms with Crippen LogP contribution in [0.5, 0.6) is 0 Å². The predicted molar refractivity (Wildman–Crippen MR) is 98.9 cm³/mol. The number of aromatic nitrogens is 2. The van der Waals surface area contributed by atoms with E-state index in [2.05, 4.69) is 41.1 Å². The SMILES string of the molecule is CCCN(CCC)[C@H]1CCC=C(c2n[nH]c3c(Cl)cccc23)C1. The highest BCUT2D eigenvalue weighted by Gasteiger charge is 2.24.